The first-order chi connectivity index (χ1) is 16.2. The number of methoxy groups -OCH3 is 1. The van der Waals surface area contributed by atoms with Gasteiger partial charge in [0.25, 0.3) is 0 Å². The summed E-state index contributed by atoms with van der Waals surface area (Å²) in [6, 6.07) is 3.81. The topological polar surface area (TPSA) is 100 Å². The summed E-state index contributed by atoms with van der Waals surface area (Å²) in [6.07, 6.45) is -0.213. The molecule has 9 heteroatoms. The van der Waals surface area contributed by atoms with Crippen LogP contribution in [-0.4, -0.2) is 62.6 Å². The number of hydrogen-bond acceptors (Lipinski definition) is 7. The van der Waals surface area contributed by atoms with E-state index in [9.17, 15) is 14.8 Å². The molecule has 0 bridgehead atoms. The number of hydrogen-bond donors (Lipinski definition) is 1. The smallest absolute Gasteiger partial charge is 0.162 e. The van der Waals surface area contributed by atoms with Crippen molar-refractivity contribution in [3.05, 3.63) is 46.0 Å². The Morgan fingerprint density at radius 3 is 2.56 bits per heavy atom. The van der Waals surface area contributed by atoms with Gasteiger partial charge in [0.2, 0.25) is 0 Å². The third-order valence-electron chi connectivity index (χ3n) is 6.73. The van der Waals surface area contributed by atoms with E-state index in [0.29, 0.717) is 34.5 Å². The van der Waals surface area contributed by atoms with Crippen LogP contribution < -0.4 is 4.74 Å². The van der Waals surface area contributed by atoms with Crippen LogP contribution in [0.2, 0.25) is 0 Å². The Morgan fingerprint density at radius 2 is 1.97 bits per heavy atom. The Kier molecular flexibility index (Phi) is 6.56. The van der Waals surface area contributed by atoms with Crippen molar-refractivity contribution >= 4 is 11.0 Å². The van der Waals surface area contributed by atoms with E-state index in [4.69, 9.17) is 4.74 Å². The zero-order chi connectivity index (χ0) is 24.7. The number of aromatic nitrogens is 4. The van der Waals surface area contributed by atoms with Crippen molar-refractivity contribution in [3.8, 4) is 11.8 Å². The van der Waals surface area contributed by atoms with Crippen molar-refractivity contribution < 1.29 is 14.2 Å². The molecule has 1 fully saturated rings. The van der Waals surface area contributed by atoms with E-state index in [1.807, 2.05) is 26.8 Å². The number of β-amino-alcohol motifs (C(OH)–C–C–N with tert-alkyl or cyclic N) is 1. The number of fused-ring (bicyclic) bond motifs is 1. The number of halogens is 1. The zero-order valence-corrected chi connectivity index (χ0v) is 20.5. The van der Waals surface area contributed by atoms with E-state index < -0.39 is 12.3 Å². The molecule has 8 nitrogen and oxygen atoms in total. The summed E-state index contributed by atoms with van der Waals surface area (Å²) in [5.74, 6) is 0.906. The molecule has 3 heterocycles. The van der Waals surface area contributed by atoms with Gasteiger partial charge in [0.05, 0.1) is 42.0 Å². The molecular weight excluding hydrogens is 435 g/mol. The molecule has 0 spiro atoms. The van der Waals surface area contributed by atoms with Gasteiger partial charge < -0.3 is 9.84 Å². The fourth-order valence-electron chi connectivity index (χ4n) is 5.05. The van der Waals surface area contributed by atoms with E-state index in [1.54, 1.807) is 18.7 Å². The minimum Gasteiger partial charge on any atom is -0.496 e. The Labute approximate surface area is 199 Å². The van der Waals surface area contributed by atoms with Gasteiger partial charge in [-0.25, -0.2) is 19.0 Å². The maximum Gasteiger partial charge on any atom is 0.162 e. The number of aliphatic hydroxyl groups is 1. The highest BCUT2D eigenvalue weighted by atomic mass is 19.1. The monoisotopic (exact) mass is 466 g/mol. The normalized spacial score (nSPS) is 17.3. The van der Waals surface area contributed by atoms with Crippen molar-refractivity contribution in [3.63, 3.8) is 0 Å². The SMILES string of the molecule is COc1c(C(C)n2nc(C(C)F)c3c(C)ncnc32)cc(C#N)c(C)c1C1CN(C[C@H](C)O)C1. The minimum atomic E-state index is -1.28. The number of rotatable bonds is 7. The predicted octanol–water partition coefficient (Wildman–Crippen LogP) is 3.74. The highest BCUT2D eigenvalue weighted by Gasteiger charge is 2.35. The van der Waals surface area contributed by atoms with Crippen LogP contribution in [0.25, 0.3) is 11.0 Å². The predicted molar refractivity (Wildman–Crippen MR) is 127 cm³/mol. The van der Waals surface area contributed by atoms with Crippen LogP contribution in [0.15, 0.2) is 12.4 Å². The van der Waals surface area contributed by atoms with Crippen molar-refractivity contribution in [2.24, 2.45) is 0 Å². The van der Waals surface area contributed by atoms with Gasteiger partial charge >= 0.3 is 0 Å². The first-order valence-corrected chi connectivity index (χ1v) is 11.5. The summed E-state index contributed by atoms with van der Waals surface area (Å²) in [4.78, 5) is 10.8. The van der Waals surface area contributed by atoms with Crippen molar-refractivity contribution in [2.75, 3.05) is 26.7 Å². The standard InChI is InChI=1S/C25H31FN6O2/c1-13(33)9-31-10-19(11-31)21-14(2)18(8-27)7-20(24(21)34-6)17(5)32-25-22(16(4)28-12-29-25)23(30-32)15(3)26/h7,12-13,15,17,19,33H,9-11H2,1-6H3/t13-,15?,17?/m0/s1. The summed E-state index contributed by atoms with van der Waals surface area (Å²) in [6.45, 7) is 11.1. The maximum atomic E-state index is 14.5. The van der Waals surface area contributed by atoms with Gasteiger partial charge in [-0.2, -0.15) is 10.4 Å². The fourth-order valence-corrected chi connectivity index (χ4v) is 5.05. The lowest BCUT2D eigenvalue weighted by Crippen LogP contribution is -2.48. The van der Waals surface area contributed by atoms with Crippen molar-refractivity contribution in [1.29, 1.82) is 5.26 Å². The van der Waals surface area contributed by atoms with Gasteiger partial charge in [-0.15, -0.1) is 0 Å². The molecule has 1 aromatic carbocycles. The number of aryl methyl sites for hydroxylation is 1. The Balaban J connectivity index is 1.84. The number of nitriles is 1. The molecule has 3 atom stereocenters. The highest BCUT2D eigenvalue weighted by Crippen LogP contribution is 2.43. The van der Waals surface area contributed by atoms with E-state index in [-0.39, 0.29) is 12.0 Å². The van der Waals surface area contributed by atoms with Crippen LogP contribution in [0, 0.1) is 25.2 Å². The second-order valence-corrected chi connectivity index (χ2v) is 9.24. The number of nitrogens with zero attached hydrogens (tertiary/aromatic N) is 6. The average Bonchev–Trinajstić information content (AvgIpc) is 3.16. The Hall–Kier alpha value is -3.09. The molecule has 0 aliphatic carbocycles. The van der Waals surface area contributed by atoms with Gasteiger partial charge in [-0.3, -0.25) is 4.90 Å². The van der Waals surface area contributed by atoms with Gasteiger partial charge in [-0.05, 0) is 46.2 Å². The summed E-state index contributed by atoms with van der Waals surface area (Å²) >= 11 is 0. The van der Waals surface area contributed by atoms with Crippen molar-refractivity contribution in [1.82, 2.24) is 24.6 Å². The zero-order valence-electron chi connectivity index (χ0n) is 20.5. The summed E-state index contributed by atoms with van der Waals surface area (Å²) in [5, 5.41) is 24.8. The van der Waals surface area contributed by atoms with Crippen LogP contribution in [0.5, 0.6) is 5.75 Å². The highest BCUT2D eigenvalue weighted by molar-refractivity contribution is 5.81. The van der Waals surface area contributed by atoms with Crippen LogP contribution in [0.4, 0.5) is 4.39 Å². The molecule has 1 saturated heterocycles. The van der Waals surface area contributed by atoms with Crippen LogP contribution in [0.1, 0.15) is 72.5 Å². The largest absolute Gasteiger partial charge is 0.496 e. The van der Waals surface area contributed by atoms with Gasteiger partial charge in [0.1, 0.15) is 23.9 Å². The number of likely N-dealkylation sites (tertiary alicyclic amines) is 1. The van der Waals surface area contributed by atoms with E-state index in [1.165, 1.54) is 13.3 Å². The van der Waals surface area contributed by atoms with Crippen LogP contribution in [-0.2, 0) is 0 Å². The molecular formula is C25H31FN6O2. The molecule has 2 unspecified atom stereocenters. The Bertz CT molecular complexity index is 1260. The molecule has 0 amide bonds. The molecule has 1 aliphatic rings. The lowest BCUT2D eigenvalue weighted by molar-refractivity contribution is 0.0732. The molecule has 34 heavy (non-hydrogen) atoms. The minimum absolute atomic E-state index is 0.188. The number of aliphatic hydroxyl groups excluding tert-OH is 1. The molecule has 1 aliphatic heterocycles. The summed E-state index contributed by atoms with van der Waals surface area (Å²) in [5.41, 5.74) is 4.81. The lowest BCUT2D eigenvalue weighted by Gasteiger charge is -2.41. The van der Waals surface area contributed by atoms with Gasteiger partial charge in [-0.1, -0.05) is 0 Å². The molecule has 3 aromatic rings. The number of benzene rings is 1. The molecule has 4 rings (SSSR count). The number of ether oxygens (including phenoxy) is 1. The van der Waals surface area contributed by atoms with Crippen molar-refractivity contribution in [2.45, 2.75) is 58.9 Å². The van der Waals surface area contributed by atoms with E-state index >= 15 is 0 Å². The van der Waals surface area contributed by atoms with Crippen LogP contribution >= 0.6 is 0 Å². The van der Waals surface area contributed by atoms with Crippen LogP contribution in [0.3, 0.4) is 0 Å². The van der Waals surface area contributed by atoms with Gasteiger partial charge in [0.15, 0.2) is 5.65 Å². The second-order valence-electron chi connectivity index (χ2n) is 9.24. The quantitative estimate of drug-likeness (QED) is 0.566. The molecule has 1 N–H and O–H groups in total. The molecule has 0 radical (unpaired) electrons. The first-order valence-electron chi connectivity index (χ1n) is 11.5. The molecule has 0 saturated carbocycles. The summed E-state index contributed by atoms with van der Waals surface area (Å²) < 4.78 is 22.1. The third-order valence-corrected chi connectivity index (χ3v) is 6.73. The Morgan fingerprint density at radius 1 is 1.26 bits per heavy atom. The van der Waals surface area contributed by atoms with Gasteiger partial charge in [0, 0.05) is 36.7 Å². The fraction of sp³-hybridized carbons (Fsp3) is 0.520. The maximum absolute atomic E-state index is 14.5. The number of alkyl halides is 1. The molecule has 180 valence electrons. The van der Waals surface area contributed by atoms with E-state index in [0.717, 1.165) is 35.5 Å². The average molecular weight is 467 g/mol. The second kappa shape index (κ2) is 9.28. The third kappa shape index (κ3) is 4.01. The summed E-state index contributed by atoms with van der Waals surface area (Å²) in [7, 11) is 1.63. The molecule has 2 aromatic heterocycles. The first kappa shape index (κ1) is 24.0. The lowest BCUT2D eigenvalue weighted by atomic mass is 9.83. The van der Waals surface area contributed by atoms with E-state index in [2.05, 4.69) is 26.0 Å².